The maximum atomic E-state index is 13.1. The molecule has 32 heavy (non-hydrogen) atoms. The van der Waals surface area contributed by atoms with Crippen LogP contribution in [0.2, 0.25) is 10.0 Å². The van der Waals surface area contributed by atoms with Crippen LogP contribution in [0.3, 0.4) is 0 Å². The van der Waals surface area contributed by atoms with E-state index in [0.717, 1.165) is 0 Å². The van der Waals surface area contributed by atoms with Crippen molar-refractivity contribution in [3.8, 4) is 11.5 Å². The number of anilines is 1. The number of aliphatic hydroxyl groups is 1. The Morgan fingerprint density at radius 3 is 2.28 bits per heavy atom. The number of amides is 1. The summed E-state index contributed by atoms with van der Waals surface area (Å²) >= 11 is 12.2. The Morgan fingerprint density at radius 1 is 0.969 bits per heavy atom. The summed E-state index contributed by atoms with van der Waals surface area (Å²) in [5, 5.41) is 22.1. The number of ketones is 1. The Balaban J connectivity index is 1.97. The van der Waals surface area contributed by atoms with Gasteiger partial charge < -0.3 is 14.9 Å². The lowest BCUT2D eigenvalue weighted by Gasteiger charge is -2.26. The van der Waals surface area contributed by atoms with Crippen molar-refractivity contribution in [2.45, 2.75) is 6.04 Å². The zero-order chi connectivity index (χ0) is 23.0. The minimum Gasteiger partial charge on any atom is -0.507 e. The molecule has 8 heteroatoms. The number of benzene rings is 3. The first kappa shape index (κ1) is 21.7. The van der Waals surface area contributed by atoms with Crippen LogP contribution in [0.4, 0.5) is 5.69 Å². The van der Waals surface area contributed by atoms with Crippen LogP contribution in [-0.2, 0) is 9.59 Å². The van der Waals surface area contributed by atoms with Crippen molar-refractivity contribution in [1.82, 2.24) is 0 Å². The molecule has 1 fully saturated rings. The van der Waals surface area contributed by atoms with Crippen molar-refractivity contribution in [1.29, 1.82) is 0 Å². The first-order valence-electron chi connectivity index (χ1n) is 9.51. The van der Waals surface area contributed by atoms with E-state index in [1.807, 2.05) is 0 Å². The molecular weight excluding hydrogens is 453 g/mol. The Labute approximate surface area is 193 Å². The van der Waals surface area contributed by atoms with Crippen molar-refractivity contribution < 1.29 is 24.5 Å². The molecule has 0 radical (unpaired) electrons. The number of aliphatic hydroxyl groups excluding tert-OH is 1. The third kappa shape index (κ3) is 3.79. The van der Waals surface area contributed by atoms with Gasteiger partial charge in [0.1, 0.15) is 5.76 Å². The summed E-state index contributed by atoms with van der Waals surface area (Å²) in [6.45, 7) is 0. The SMILES string of the molecule is COc1ccc(C2/C(=C(/O)c3cccc(Cl)c3)C(=O)C(=O)N2c2cccc(Cl)c2)cc1O. The summed E-state index contributed by atoms with van der Waals surface area (Å²) in [4.78, 5) is 27.4. The molecule has 0 aliphatic carbocycles. The minimum absolute atomic E-state index is 0.137. The fraction of sp³-hybridized carbons (Fsp3) is 0.0833. The Bertz CT molecular complexity index is 1270. The number of nitrogens with zero attached hydrogens (tertiary/aromatic N) is 1. The van der Waals surface area contributed by atoms with Gasteiger partial charge in [0.15, 0.2) is 11.5 Å². The van der Waals surface area contributed by atoms with E-state index in [1.54, 1.807) is 48.5 Å². The Hall–Kier alpha value is -3.48. The molecule has 2 N–H and O–H groups in total. The number of methoxy groups -OCH3 is 1. The highest BCUT2D eigenvalue weighted by Crippen LogP contribution is 2.44. The van der Waals surface area contributed by atoms with E-state index in [2.05, 4.69) is 0 Å². The van der Waals surface area contributed by atoms with Crippen molar-refractivity contribution in [2.24, 2.45) is 0 Å². The van der Waals surface area contributed by atoms with E-state index in [4.69, 9.17) is 27.9 Å². The zero-order valence-electron chi connectivity index (χ0n) is 16.8. The topological polar surface area (TPSA) is 87.1 Å². The van der Waals surface area contributed by atoms with Crippen LogP contribution in [0.15, 0.2) is 72.3 Å². The van der Waals surface area contributed by atoms with E-state index in [1.165, 1.54) is 30.2 Å². The van der Waals surface area contributed by atoms with Gasteiger partial charge in [-0.2, -0.15) is 0 Å². The molecule has 0 saturated carbocycles. The zero-order valence-corrected chi connectivity index (χ0v) is 18.3. The first-order valence-corrected chi connectivity index (χ1v) is 10.3. The molecule has 162 valence electrons. The third-order valence-electron chi connectivity index (χ3n) is 5.15. The third-order valence-corrected chi connectivity index (χ3v) is 5.62. The van der Waals surface area contributed by atoms with Crippen LogP contribution in [0.5, 0.6) is 11.5 Å². The summed E-state index contributed by atoms with van der Waals surface area (Å²) in [6.07, 6.45) is 0. The molecule has 0 aromatic heterocycles. The molecule has 1 amide bonds. The number of carbonyl (C=O) groups excluding carboxylic acids is 2. The van der Waals surface area contributed by atoms with Crippen molar-refractivity contribution in [3.63, 3.8) is 0 Å². The van der Waals surface area contributed by atoms with Crippen LogP contribution in [0.1, 0.15) is 17.2 Å². The fourth-order valence-corrected chi connectivity index (χ4v) is 4.08. The number of carbonyl (C=O) groups is 2. The number of halogens is 2. The smallest absolute Gasteiger partial charge is 0.300 e. The van der Waals surface area contributed by atoms with Gasteiger partial charge in [-0.05, 0) is 48.0 Å². The highest BCUT2D eigenvalue weighted by molar-refractivity contribution is 6.51. The van der Waals surface area contributed by atoms with Gasteiger partial charge >= 0.3 is 0 Å². The quantitative estimate of drug-likeness (QED) is 0.306. The maximum absolute atomic E-state index is 13.1. The molecule has 0 spiro atoms. The summed E-state index contributed by atoms with van der Waals surface area (Å²) < 4.78 is 5.10. The number of Topliss-reactive ketones (excluding diaryl/α,β-unsaturated/α-hetero) is 1. The Kier molecular flexibility index (Phi) is 5.82. The van der Waals surface area contributed by atoms with Gasteiger partial charge in [-0.1, -0.05) is 47.5 Å². The predicted molar refractivity (Wildman–Crippen MR) is 122 cm³/mol. The summed E-state index contributed by atoms with van der Waals surface area (Å²) in [7, 11) is 1.41. The van der Waals surface area contributed by atoms with Gasteiger partial charge in [-0.25, -0.2) is 0 Å². The van der Waals surface area contributed by atoms with Crippen LogP contribution in [-0.4, -0.2) is 29.0 Å². The number of phenolic OH excluding ortho intramolecular Hbond substituents is 1. The second-order valence-corrected chi connectivity index (χ2v) is 7.96. The van der Waals surface area contributed by atoms with E-state index < -0.39 is 17.7 Å². The molecule has 1 saturated heterocycles. The van der Waals surface area contributed by atoms with Crippen LogP contribution < -0.4 is 9.64 Å². The number of rotatable bonds is 4. The van der Waals surface area contributed by atoms with E-state index in [-0.39, 0.29) is 28.4 Å². The number of hydrogen-bond acceptors (Lipinski definition) is 5. The molecule has 1 aliphatic heterocycles. The fourth-order valence-electron chi connectivity index (χ4n) is 3.71. The molecule has 4 rings (SSSR count). The predicted octanol–water partition coefficient (Wildman–Crippen LogP) is 5.33. The van der Waals surface area contributed by atoms with Crippen molar-refractivity contribution >= 4 is 46.3 Å². The maximum Gasteiger partial charge on any atom is 0.300 e. The number of ether oxygens (including phenoxy) is 1. The van der Waals surface area contributed by atoms with Gasteiger partial charge in [0, 0.05) is 21.3 Å². The van der Waals surface area contributed by atoms with E-state index in [9.17, 15) is 19.8 Å². The van der Waals surface area contributed by atoms with Gasteiger partial charge in [0.2, 0.25) is 0 Å². The molecule has 1 aliphatic rings. The highest BCUT2D eigenvalue weighted by Gasteiger charge is 2.47. The van der Waals surface area contributed by atoms with Crippen LogP contribution in [0, 0.1) is 0 Å². The lowest BCUT2D eigenvalue weighted by atomic mass is 9.95. The summed E-state index contributed by atoms with van der Waals surface area (Å²) in [6, 6.07) is 16.3. The molecule has 0 bridgehead atoms. The monoisotopic (exact) mass is 469 g/mol. The molecule has 6 nitrogen and oxygen atoms in total. The highest BCUT2D eigenvalue weighted by atomic mass is 35.5. The summed E-state index contributed by atoms with van der Waals surface area (Å²) in [5.74, 6) is -2.04. The molecule has 1 unspecified atom stereocenters. The number of hydrogen-bond donors (Lipinski definition) is 2. The number of phenols is 1. The molecule has 3 aromatic carbocycles. The lowest BCUT2D eigenvalue weighted by molar-refractivity contribution is -0.132. The molecule has 3 aromatic rings. The average Bonchev–Trinajstić information content (AvgIpc) is 3.04. The second kappa shape index (κ2) is 8.57. The van der Waals surface area contributed by atoms with Crippen molar-refractivity contribution in [3.05, 3.63) is 93.5 Å². The molecule has 1 atom stereocenters. The normalized spacial score (nSPS) is 17.6. The average molecular weight is 470 g/mol. The molecular formula is C24H17Cl2NO5. The number of aromatic hydroxyl groups is 1. The first-order chi connectivity index (χ1) is 15.3. The second-order valence-electron chi connectivity index (χ2n) is 7.09. The van der Waals surface area contributed by atoms with Crippen LogP contribution >= 0.6 is 23.2 Å². The molecule has 1 heterocycles. The Morgan fingerprint density at radius 2 is 1.66 bits per heavy atom. The van der Waals surface area contributed by atoms with E-state index >= 15 is 0 Å². The standard InChI is InChI=1S/C24H17Cl2NO5/c1-32-19-9-8-13(11-18(19)28)21-20(22(29)14-4-2-5-15(25)10-14)23(30)24(31)27(21)17-7-3-6-16(26)12-17/h2-12,21,28-29H,1H3/b22-20-. The van der Waals surface area contributed by atoms with Crippen LogP contribution in [0.25, 0.3) is 5.76 Å². The lowest BCUT2D eigenvalue weighted by Crippen LogP contribution is -2.29. The van der Waals surface area contributed by atoms with E-state index in [0.29, 0.717) is 21.3 Å². The minimum atomic E-state index is -1.02. The van der Waals surface area contributed by atoms with Gasteiger partial charge in [-0.3, -0.25) is 14.5 Å². The van der Waals surface area contributed by atoms with Gasteiger partial charge in [0.25, 0.3) is 11.7 Å². The summed E-state index contributed by atoms with van der Waals surface area (Å²) in [5.41, 5.74) is 0.905. The van der Waals surface area contributed by atoms with Gasteiger partial charge in [-0.15, -0.1) is 0 Å². The largest absolute Gasteiger partial charge is 0.507 e. The van der Waals surface area contributed by atoms with Crippen molar-refractivity contribution in [2.75, 3.05) is 12.0 Å². The van der Waals surface area contributed by atoms with Gasteiger partial charge in [0.05, 0.1) is 18.7 Å².